The minimum absolute atomic E-state index is 0.268. The van der Waals surface area contributed by atoms with Crippen molar-refractivity contribution >= 4 is 23.6 Å². The summed E-state index contributed by atoms with van der Waals surface area (Å²) in [5.74, 6) is -2.19. The van der Waals surface area contributed by atoms with Crippen LogP contribution in [0.2, 0.25) is 0 Å². The van der Waals surface area contributed by atoms with Crippen LogP contribution in [0, 0.1) is 17.2 Å². The largest absolute Gasteiger partial charge is 0.366 e. The minimum atomic E-state index is -0.988. The average molecular weight is 313 g/mol. The summed E-state index contributed by atoms with van der Waals surface area (Å²) in [7, 11) is 0. The van der Waals surface area contributed by atoms with E-state index in [4.69, 9.17) is 5.73 Å². The molecule has 1 heterocycles. The molecule has 22 heavy (non-hydrogen) atoms. The van der Waals surface area contributed by atoms with E-state index in [-0.39, 0.29) is 5.57 Å². The van der Waals surface area contributed by atoms with Gasteiger partial charge in [-0.1, -0.05) is 36.4 Å². The molecular weight excluding hydrogens is 298 g/mol. The van der Waals surface area contributed by atoms with Gasteiger partial charge in [-0.25, -0.2) is 0 Å². The van der Waals surface area contributed by atoms with Crippen LogP contribution in [0.25, 0.3) is 0 Å². The fraction of sp³-hybridized carbons (Fsp3) is 0.188. The van der Waals surface area contributed by atoms with Crippen molar-refractivity contribution in [3.8, 4) is 6.07 Å². The van der Waals surface area contributed by atoms with Crippen molar-refractivity contribution in [3.63, 3.8) is 0 Å². The highest BCUT2D eigenvalue weighted by Crippen LogP contribution is 2.39. The third-order valence-corrected chi connectivity index (χ3v) is 4.33. The van der Waals surface area contributed by atoms with Crippen LogP contribution in [0.1, 0.15) is 11.5 Å². The molecule has 0 spiro atoms. The second-order valence-electron chi connectivity index (χ2n) is 4.69. The number of hydrogen-bond donors (Lipinski definition) is 2. The molecule has 1 aromatic rings. The number of nitriles is 1. The van der Waals surface area contributed by atoms with Gasteiger partial charge in [-0.15, -0.1) is 18.3 Å². The number of primary amides is 1. The van der Waals surface area contributed by atoms with Crippen LogP contribution < -0.4 is 11.1 Å². The second kappa shape index (κ2) is 6.96. The maximum absolute atomic E-state index is 12.2. The summed E-state index contributed by atoms with van der Waals surface area (Å²) in [6.45, 7) is 3.62. The second-order valence-corrected chi connectivity index (χ2v) is 5.72. The highest BCUT2D eigenvalue weighted by molar-refractivity contribution is 8.03. The summed E-state index contributed by atoms with van der Waals surface area (Å²) in [4.78, 5) is 24.1. The smallest absolute Gasteiger partial charge is 0.247 e. The summed E-state index contributed by atoms with van der Waals surface area (Å²) in [6, 6.07) is 11.0. The zero-order valence-electron chi connectivity index (χ0n) is 11.8. The van der Waals surface area contributed by atoms with E-state index in [1.54, 1.807) is 30.3 Å². The Morgan fingerprint density at radius 2 is 2.14 bits per heavy atom. The fourth-order valence-electron chi connectivity index (χ4n) is 2.39. The van der Waals surface area contributed by atoms with Gasteiger partial charge in [0, 0.05) is 11.7 Å². The first-order chi connectivity index (χ1) is 10.6. The highest BCUT2D eigenvalue weighted by Gasteiger charge is 2.41. The lowest BCUT2D eigenvalue weighted by Crippen LogP contribution is -2.42. The zero-order chi connectivity index (χ0) is 16.1. The number of carbonyl (C=O) groups excluding carboxylic acids is 2. The molecule has 3 N–H and O–H groups in total. The number of nitrogens with zero attached hydrogens (tertiary/aromatic N) is 1. The van der Waals surface area contributed by atoms with Gasteiger partial charge < -0.3 is 11.1 Å². The van der Waals surface area contributed by atoms with Gasteiger partial charge in [0.05, 0.1) is 16.7 Å². The monoisotopic (exact) mass is 313 g/mol. The van der Waals surface area contributed by atoms with Crippen molar-refractivity contribution in [2.75, 3.05) is 5.75 Å². The Morgan fingerprint density at radius 3 is 2.68 bits per heavy atom. The summed E-state index contributed by atoms with van der Waals surface area (Å²) >= 11 is 1.27. The molecule has 112 valence electrons. The lowest BCUT2D eigenvalue weighted by molar-refractivity contribution is -0.123. The van der Waals surface area contributed by atoms with Gasteiger partial charge in [0.2, 0.25) is 11.8 Å². The van der Waals surface area contributed by atoms with Gasteiger partial charge in [0.25, 0.3) is 0 Å². The quantitative estimate of drug-likeness (QED) is 0.808. The molecule has 0 saturated carbocycles. The molecule has 2 rings (SSSR count). The molecule has 0 saturated heterocycles. The Bertz CT molecular complexity index is 676. The molecule has 2 unspecified atom stereocenters. The van der Waals surface area contributed by atoms with E-state index < -0.39 is 23.7 Å². The predicted molar refractivity (Wildman–Crippen MR) is 85.3 cm³/mol. The van der Waals surface area contributed by atoms with Gasteiger partial charge in [-0.05, 0) is 5.56 Å². The molecule has 0 aliphatic carbocycles. The van der Waals surface area contributed by atoms with Crippen LogP contribution >= 0.6 is 11.8 Å². The molecule has 1 aliphatic heterocycles. The molecule has 0 fully saturated rings. The van der Waals surface area contributed by atoms with E-state index in [1.165, 1.54) is 11.8 Å². The van der Waals surface area contributed by atoms with Crippen molar-refractivity contribution in [1.82, 2.24) is 5.32 Å². The molecule has 1 aromatic carbocycles. The predicted octanol–water partition coefficient (Wildman–Crippen LogP) is 1.66. The Hall–Kier alpha value is -2.52. The Kier molecular flexibility index (Phi) is 5.02. The van der Waals surface area contributed by atoms with Crippen molar-refractivity contribution in [2.24, 2.45) is 11.7 Å². The highest BCUT2D eigenvalue weighted by atomic mass is 32.2. The van der Waals surface area contributed by atoms with E-state index in [9.17, 15) is 14.9 Å². The number of hydrogen-bond acceptors (Lipinski definition) is 4. The zero-order valence-corrected chi connectivity index (χ0v) is 12.6. The van der Waals surface area contributed by atoms with Crippen LogP contribution in [0.5, 0.6) is 0 Å². The van der Waals surface area contributed by atoms with Crippen molar-refractivity contribution < 1.29 is 9.59 Å². The van der Waals surface area contributed by atoms with E-state index >= 15 is 0 Å². The van der Waals surface area contributed by atoms with Crippen LogP contribution in [0.3, 0.4) is 0 Å². The van der Waals surface area contributed by atoms with Crippen molar-refractivity contribution in [1.29, 1.82) is 5.26 Å². The first-order valence-electron chi connectivity index (χ1n) is 6.63. The van der Waals surface area contributed by atoms with E-state index in [1.807, 2.05) is 12.1 Å². The van der Waals surface area contributed by atoms with E-state index in [0.717, 1.165) is 5.56 Å². The first-order valence-corrected chi connectivity index (χ1v) is 7.61. The normalized spacial score (nSPS) is 21.0. The van der Waals surface area contributed by atoms with Crippen LogP contribution in [-0.2, 0) is 9.59 Å². The van der Waals surface area contributed by atoms with E-state index in [0.29, 0.717) is 10.8 Å². The van der Waals surface area contributed by atoms with Crippen LogP contribution in [0.4, 0.5) is 0 Å². The minimum Gasteiger partial charge on any atom is -0.366 e. The molecule has 5 nitrogen and oxygen atoms in total. The Balaban J connectivity index is 2.60. The molecule has 0 aromatic heterocycles. The van der Waals surface area contributed by atoms with Gasteiger partial charge in [0.15, 0.2) is 0 Å². The van der Waals surface area contributed by atoms with Gasteiger partial charge >= 0.3 is 0 Å². The SMILES string of the molecule is C=CCSC1=C(C(N)=O)C(c2ccccc2)C(C#N)C(=O)N1. The standard InChI is InChI=1S/C16H15N3O2S/c1-2-8-22-16-13(14(18)20)12(10-6-4-3-5-7-10)11(9-17)15(21)19-16/h2-7,11-12H,1,8H2,(H2,18,20)(H,19,21). The Morgan fingerprint density at radius 1 is 1.45 bits per heavy atom. The average Bonchev–Trinajstić information content (AvgIpc) is 2.52. The summed E-state index contributed by atoms with van der Waals surface area (Å²) in [6.07, 6.45) is 1.66. The summed E-state index contributed by atoms with van der Waals surface area (Å²) in [5.41, 5.74) is 6.51. The fourth-order valence-corrected chi connectivity index (χ4v) is 3.23. The third kappa shape index (κ3) is 3.05. The van der Waals surface area contributed by atoms with Crippen molar-refractivity contribution in [2.45, 2.75) is 5.92 Å². The molecule has 0 radical (unpaired) electrons. The summed E-state index contributed by atoms with van der Waals surface area (Å²) in [5, 5.41) is 12.4. The first kappa shape index (κ1) is 15.9. The molecule has 6 heteroatoms. The maximum atomic E-state index is 12.2. The number of nitrogens with one attached hydrogen (secondary N) is 1. The number of rotatable bonds is 5. The molecule has 1 aliphatic rings. The maximum Gasteiger partial charge on any atom is 0.247 e. The van der Waals surface area contributed by atoms with E-state index in [2.05, 4.69) is 11.9 Å². The number of thioether (sulfide) groups is 1. The van der Waals surface area contributed by atoms with Gasteiger partial charge in [-0.2, -0.15) is 5.26 Å². The lowest BCUT2D eigenvalue weighted by Gasteiger charge is -2.30. The summed E-state index contributed by atoms with van der Waals surface area (Å²) < 4.78 is 0. The third-order valence-electron chi connectivity index (χ3n) is 3.32. The van der Waals surface area contributed by atoms with Gasteiger partial charge in [0.1, 0.15) is 5.92 Å². The van der Waals surface area contributed by atoms with Gasteiger partial charge in [-0.3, -0.25) is 9.59 Å². The topological polar surface area (TPSA) is 96.0 Å². The Labute approximate surface area is 132 Å². The molecule has 2 amide bonds. The lowest BCUT2D eigenvalue weighted by atomic mass is 9.78. The van der Waals surface area contributed by atoms with Crippen molar-refractivity contribution in [3.05, 3.63) is 59.2 Å². The number of benzene rings is 1. The van der Waals surface area contributed by atoms with Crippen LogP contribution in [-0.4, -0.2) is 17.6 Å². The van der Waals surface area contributed by atoms with Crippen LogP contribution in [0.15, 0.2) is 53.6 Å². The number of amides is 2. The number of carbonyl (C=O) groups is 2. The molecule has 2 atom stereocenters. The molecule has 0 bridgehead atoms. The number of nitrogens with two attached hydrogens (primary N) is 1. The molecular formula is C16H15N3O2S.